The zero-order valence-electron chi connectivity index (χ0n) is 18.0. The second-order valence-electron chi connectivity index (χ2n) is 7.82. The Hall–Kier alpha value is -3.78. The summed E-state index contributed by atoms with van der Waals surface area (Å²) in [6.45, 7) is 1.30. The van der Waals surface area contributed by atoms with Crippen molar-refractivity contribution < 1.29 is 18.8 Å². The van der Waals surface area contributed by atoms with E-state index >= 15 is 0 Å². The summed E-state index contributed by atoms with van der Waals surface area (Å²) in [5.74, 6) is -0.164. The molecule has 1 amide bonds. The first kappa shape index (κ1) is 21.1. The number of benzene rings is 1. The smallest absolute Gasteiger partial charge is 0.339 e. The first-order valence-corrected chi connectivity index (χ1v) is 11.5. The number of rotatable bonds is 5. The third kappa shape index (κ3) is 4.42. The van der Waals surface area contributed by atoms with Crippen LogP contribution in [0, 0.1) is 6.92 Å². The molecule has 33 heavy (non-hydrogen) atoms. The highest BCUT2D eigenvalue weighted by atomic mass is 32.1. The lowest BCUT2D eigenvalue weighted by Crippen LogP contribution is -2.22. The summed E-state index contributed by atoms with van der Waals surface area (Å²) in [5, 5.41) is 9.04. The highest BCUT2D eigenvalue weighted by Gasteiger charge is 2.26. The number of thiophene rings is 1. The Bertz CT molecular complexity index is 1370. The van der Waals surface area contributed by atoms with Crippen LogP contribution in [0.15, 0.2) is 52.4 Å². The topological polar surface area (TPSA) is 94.3 Å². The van der Waals surface area contributed by atoms with Crippen LogP contribution in [0.25, 0.3) is 22.6 Å². The largest absolute Gasteiger partial charge is 0.452 e. The van der Waals surface area contributed by atoms with E-state index in [9.17, 15) is 9.59 Å². The van der Waals surface area contributed by atoms with E-state index in [1.165, 1.54) is 0 Å². The molecule has 1 aliphatic carbocycles. The van der Waals surface area contributed by atoms with Gasteiger partial charge in [-0.15, -0.1) is 11.3 Å². The normalized spacial score (nSPS) is 14.3. The summed E-state index contributed by atoms with van der Waals surface area (Å²) in [6.07, 6.45) is 4.68. The van der Waals surface area contributed by atoms with Crippen LogP contribution in [0.1, 0.15) is 45.1 Å². The van der Waals surface area contributed by atoms with Crippen molar-refractivity contribution in [1.29, 1.82) is 0 Å². The fourth-order valence-corrected chi connectivity index (χ4v) is 4.74. The Morgan fingerprint density at radius 3 is 2.88 bits per heavy atom. The summed E-state index contributed by atoms with van der Waals surface area (Å²) in [4.78, 5) is 31.5. The predicted octanol–water partition coefficient (Wildman–Crippen LogP) is 5.27. The molecule has 0 fully saturated rings. The molecule has 3 heterocycles. The molecule has 0 saturated carbocycles. The standard InChI is InChI=1S/C25H21N3O4S/c1-15-12-21(28-32-15)27-22(29)14-31-25(30)23-18-8-2-3-10-20(18)26-24-16(6-4-9-19(23)24)13-17-7-5-11-33-17/h2-3,5,7-8,10-13H,4,6,9,14H2,1H3,(H,27,28,29). The molecule has 3 aromatic heterocycles. The van der Waals surface area contributed by atoms with Crippen molar-refractivity contribution in [2.75, 3.05) is 11.9 Å². The van der Waals surface area contributed by atoms with E-state index in [4.69, 9.17) is 14.2 Å². The molecule has 7 nitrogen and oxygen atoms in total. The van der Waals surface area contributed by atoms with Gasteiger partial charge < -0.3 is 14.6 Å². The maximum atomic E-state index is 13.2. The zero-order valence-corrected chi connectivity index (χ0v) is 18.8. The van der Waals surface area contributed by atoms with Crippen molar-refractivity contribution in [2.24, 2.45) is 0 Å². The number of hydrogen-bond donors (Lipinski definition) is 1. The van der Waals surface area contributed by atoms with Gasteiger partial charge in [-0.2, -0.15) is 0 Å². The quantitative estimate of drug-likeness (QED) is 0.409. The molecule has 0 aliphatic heterocycles. The number of aryl methyl sites for hydroxylation is 1. The molecule has 0 atom stereocenters. The van der Waals surface area contributed by atoms with Gasteiger partial charge in [0, 0.05) is 16.3 Å². The summed E-state index contributed by atoms with van der Waals surface area (Å²) in [6, 6.07) is 13.2. The average molecular weight is 460 g/mol. The van der Waals surface area contributed by atoms with Gasteiger partial charge in [-0.1, -0.05) is 29.4 Å². The molecule has 0 spiro atoms. The van der Waals surface area contributed by atoms with E-state index in [-0.39, 0.29) is 5.82 Å². The number of allylic oxidation sites excluding steroid dienone is 1. The Morgan fingerprint density at radius 2 is 2.09 bits per heavy atom. The van der Waals surface area contributed by atoms with Crippen molar-refractivity contribution in [2.45, 2.75) is 26.2 Å². The highest BCUT2D eigenvalue weighted by molar-refractivity contribution is 7.10. The molecule has 0 radical (unpaired) electrons. The van der Waals surface area contributed by atoms with Crippen LogP contribution < -0.4 is 5.32 Å². The fourth-order valence-electron chi connectivity index (χ4n) is 4.06. The van der Waals surface area contributed by atoms with Crippen molar-refractivity contribution in [3.8, 4) is 0 Å². The summed E-state index contributed by atoms with van der Waals surface area (Å²) in [5.41, 5.74) is 4.03. The van der Waals surface area contributed by atoms with Crippen molar-refractivity contribution in [1.82, 2.24) is 10.1 Å². The minimum atomic E-state index is -0.534. The molecule has 166 valence electrons. The van der Waals surface area contributed by atoms with Gasteiger partial charge in [-0.05, 0) is 60.9 Å². The SMILES string of the molecule is Cc1cc(NC(=O)COC(=O)c2c3c(nc4ccccc24)C(=Cc2cccs2)CCC3)no1. The second kappa shape index (κ2) is 8.99. The number of carbonyl (C=O) groups is 2. The van der Waals surface area contributed by atoms with E-state index < -0.39 is 18.5 Å². The Kier molecular flexibility index (Phi) is 5.75. The Balaban J connectivity index is 1.47. The number of esters is 1. The van der Waals surface area contributed by atoms with Crippen LogP contribution in [0.3, 0.4) is 0 Å². The Labute approximate surface area is 194 Å². The third-order valence-corrected chi connectivity index (χ3v) is 6.28. The minimum absolute atomic E-state index is 0.281. The van der Waals surface area contributed by atoms with E-state index in [2.05, 4.69) is 22.6 Å². The number of pyridine rings is 1. The maximum absolute atomic E-state index is 13.2. The van der Waals surface area contributed by atoms with Crippen LogP contribution in [0.4, 0.5) is 5.82 Å². The zero-order chi connectivity index (χ0) is 22.8. The average Bonchev–Trinajstić information content (AvgIpc) is 3.48. The number of aromatic nitrogens is 2. The number of carbonyl (C=O) groups excluding carboxylic acids is 2. The highest BCUT2D eigenvalue weighted by Crippen LogP contribution is 2.36. The van der Waals surface area contributed by atoms with Crippen molar-refractivity contribution in [3.63, 3.8) is 0 Å². The van der Waals surface area contributed by atoms with Crippen LogP contribution in [-0.4, -0.2) is 28.6 Å². The fraction of sp³-hybridized carbons (Fsp3) is 0.200. The van der Waals surface area contributed by atoms with Crippen LogP contribution in [-0.2, 0) is 16.0 Å². The van der Waals surface area contributed by atoms with Gasteiger partial charge in [0.1, 0.15) is 5.76 Å². The van der Waals surface area contributed by atoms with Crippen LogP contribution >= 0.6 is 11.3 Å². The number of ether oxygens (including phenoxy) is 1. The van der Waals surface area contributed by atoms with Gasteiger partial charge in [-0.3, -0.25) is 4.79 Å². The van der Waals surface area contributed by atoms with Gasteiger partial charge in [0.05, 0.1) is 16.8 Å². The number of anilines is 1. The number of nitrogens with zero attached hydrogens (tertiary/aromatic N) is 2. The number of nitrogens with one attached hydrogen (secondary N) is 1. The predicted molar refractivity (Wildman–Crippen MR) is 127 cm³/mol. The lowest BCUT2D eigenvalue weighted by Gasteiger charge is -2.22. The van der Waals surface area contributed by atoms with Gasteiger partial charge in [0.15, 0.2) is 12.4 Å². The minimum Gasteiger partial charge on any atom is -0.452 e. The molecular formula is C25H21N3O4S. The van der Waals surface area contributed by atoms with Gasteiger partial charge >= 0.3 is 5.97 Å². The summed E-state index contributed by atoms with van der Waals surface area (Å²) >= 11 is 1.67. The third-order valence-electron chi connectivity index (χ3n) is 5.46. The van der Waals surface area contributed by atoms with Gasteiger partial charge in [-0.25, -0.2) is 9.78 Å². The lowest BCUT2D eigenvalue weighted by molar-refractivity contribution is -0.119. The first-order chi connectivity index (χ1) is 16.1. The Morgan fingerprint density at radius 1 is 1.21 bits per heavy atom. The maximum Gasteiger partial charge on any atom is 0.339 e. The van der Waals surface area contributed by atoms with Crippen molar-refractivity contribution >= 4 is 51.6 Å². The molecule has 5 rings (SSSR count). The monoisotopic (exact) mass is 459 g/mol. The van der Waals surface area contributed by atoms with E-state index in [1.54, 1.807) is 24.3 Å². The van der Waals surface area contributed by atoms with Crippen LogP contribution in [0.5, 0.6) is 0 Å². The first-order valence-electron chi connectivity index (χ1n) is 10.6. The molecule has 8 heteroatoms. The van der Waals surface area contributed by atoms with Crippen molar-refractivity contribution in [3.05, 3.63) is 75.3 Å². The number of fused-ring (bicyclic) bond motifs is 2. The molecular weight excluding hydrogens is 438 g/mol. The second-order valence-corrected chi connectivity index (χ2v) is 8.80. The summed E-state index contributed by atoms with van der Waals surface area (Å²) in [7, 11) is 0. The van der Waals surface area contributed by atoms with E-state index in [0.29, 0.717) is 11.3 Å². The molecule has 0 bridgehead atoms. The van der Waals surface area contributed by atoms with Gasteiger partial charge in [0.2, 0.25) is 0 Å². The lowest BCUT2D eigenvalue weighted by atomic mass is 9.86. The molecule has 0 saturated heterocycles. The molecule has 1 N–H and O–H groups in total. The molecule has 4 aromatic rings. The number of para-hydroxylation sites is 1. The van der Waals surface area contributed by atoms with Crippen LogP contribution in [0.2, 0.25) is 0 Å². The number of amides is 1. The molecule has 1 aromatic carbocycles. The molecule has 0 unspecified atom stereocenters. The number of hydrogen-bond acceptors (Lipinski definition) is 7. The van der Waals surface area contributed by atoms with E-state index in [0.717, 1.165) is 51.9 Å². The molecule has 1 aliphatic rings. The summed E-state index contributed by atoms with van der Waals surface area (Å²) < 4.78 is 10.4. The van der Waals surface area contributed by atoms with Gasteiger partial charge in [0.25, 0.3) is 5.91 Å². The van der Waals surface area contributed by atoms with E-state index in [1.807, 2.05) is 35.7 Å².